The minimum atomic E-state index is 0.525. The van der Waals surface area contributed by atoms with Crippen molar-refractivity contribution < 1.29 is 0 Å². The molecule has 5 nitrogen and oxygen atoms in total. The third-order valence-corrected chi connectivity index (χ3v) is 3.82. The van der Waals surface area contributed by atoms with Crippen molar-refractivity contribution in [1.82, 2.24) is 24.6 Å². The van der Waals surface area contributed by atoms with E-state index in [4.69, 9.17) is 12.2 Å². The maximum absolute atomic E-state index is 5.29. The number of hydrogen-bond donors (Lipinski definition) is 1. The summed E-state index contributed by atoms with van der Waals surface area (Å²) in [5, 5.41) is 8.30. The van der Waals surface area contributed by atoms with Crippen LogP contribution in [-0.4, -0.2) is 38.7 Å². The fourth-order valence-electron chi connectivity index (χ4n) is 1.80. The predicted octanol–water partition coefficient (Wildman–Crippen LogP) is 2.78. The second kappa shape index (κ2) is 5.94. The molecule has 0 radical (unpaired) electrons. The molecule has 2 rings (SSSR count). The maximum Gasteiger partial charge on any atom is 0.195 e. The Kier molecular flexibility index (Phi) is 4.49. The molecule has 19 heavy (non-hydrogen) atoms. The minimum Gasteiger partial charge on any atom is -0.303 e. The van der Waals surface area contributed by atoms with Crippen LogP contribution in [0.15, 0.2) is 6.20 Å². The van der Waals surface area contributed by atoms with Gasteiger partial charge in [0.1, 0.15) is 5.01 Å². The summed E-state index contributed by atoms with van der Waals surface area (Å²) in [5.41, 5.74) is 0. The summed E-state index contributed by atoms with van der Waals surface area (Å²) in [4.78, 5) is 7.60. The third-order valence-electron chi connectivity index (χ3n) is 2.53. The van der Waals surface area contributed by atoms with Crippen LogP contribution < -0.4 is 0 Å². The molecule has 0 aromatic carbocycles. The number of nitrogens with zero attached hydrogens (tertiary/aromatic N) is 4. The standard InChI is InChI=1S/C12H19N5S2/c1-8(2)6-17-11(14-15-12(17)18)9-5-13-10(19-9)7-16(3)4/h5,8H,6-7H2,1-4H3,(H,15,18). The number of H-pyrrole nitrogens is 1. The first-order valence-electron chi connectivity index (χ1n) is 6.22. The average Bonchev–Trinajstić information content (AvgIpc) is 2.86. The molecule has 0 bridgehead atoms. The molecule has 0 amide bonds. The van der Waals surface area contributed by atoms with Crippen LogP contribution in [0.5, 0.6) is 0 Å². The van der Waals surface area contributed by atoms with Crippen LogP contribution in [0.1, 0.15) is 18.9 Å². The smallest absolute Gasteiger partial charge is 0.195 e. The number of hydrogen-bond acceptors (Lipinski definition) is 5. The molecule has 0 saturated carbocycles. The van der Waals surface area contributed by atoms with E-state index in [0.29, 0.717) is 10.7 Å². The second-order valence-corrected chi connectivity index (χ2v) is 6.71. The van der Waals surface area contributed by atoms with Crippen molar-refractivity contribution in [1.29, 1.82) is 0 Å². The van der Waals surface area contributed by atoms with Crippen molar-refractivity contribution >= 4 is 23.6 Å². The molecule has 2 aromatic rings. The Labute approximate surface area is 122 Å². The first kappa shape index (κ1) is 14.4. The summed E-state index contributed by atoms with van der Waals surface area (Å²) in [7, 11) is 4.08. The zero-order valence-corrected chi connectivity index (χ0v) is 13.3. The van der Waals surface area contributed by atoms with E-state index < -0.39 is 0 Å². The molecular formula is C12H19N5S2. The lowest BCUT2D eigenvalue weighted by Gasteiger charge is -2.07. The van der Waals surface area contributed by atoms with Gasteiger partial charge in [-0.1, -0.05) is 13.8 Å². The van der Waals surface area contributed by atoms with E-state index in [0.717, 1.165) is 28.8 Å². The van der Waals surface area contributed by atoms with E-state index in [9.17, 15) is 0 Å². The summed E-state index contributed by atoms with van der Waals surface area (Å²) < 4.78 is 2.72. The van der Waals surface area contributed by atoms with Crippen LogP contribution in [0.4, 0.5) is 0 Å². The lowest BCUT2D eigenvalue weighted by molar-refractivity contribution is 0.401. The van der Waals surface area contributed by atoms with Gasteiger partial charge in [-0.25, -0.2) is 4.98 Å². The van der Waals surface area contributed by atoms with Gasteiger partial charge in [-0.3, -0.25) is 9.67 Å². The molecule has 0 aliphatic carbocycles. The van der Waals surface area contributed by atoms with Gasteiger partial charge in [0.2, 0.25) is 0 Å². The van der Waals surface area contributed by atoms with E-state index in [1.165, 1.54) is 0 Å². The first-order chi connectivity index (χ1) is 8.97. The SMILES string of the molecule is CC(C)Cn1c(-c2cnc(CN(C)C)s2)n[nH]c1=S. The third kappa shape index (κ3) is 3.49. The second-order valence-electron chi connectivity index (χ2n) is 5.21. The molecule has 104 valence electrons. The molecule has 0 unspecified atom stereocenters. The van der Waals surface area contributed by atoms with Gasteiger partial charge in [-0.2, -0.15) is 5.10 Å². The Bertz CT molecular complexity index is 593. The first-order valence-corrected chi connectivity index (χ1v) is 7.45. The van der Waals surface area contributed by atoms with Crippen LogP contribution in [0, 0.1) is 10.7 Å². The van der Waals surface area contributed by atoms with Gasteiger partial charge < -0.3 is 4.90 Å². The van der Waals surface area contributed by atoms with Gasteiger partial charge in [0, 0.05) is 19.3 Å². The number of thiazole rings is 1. The molecule has 0 aliphatic heterocycles. The highest BCUT2D eigenvalue weighted by molar-refractivity contribution is 7.71. The van der Waals surface area contributed by atoms with Gasteiger partial charge in [0.25, 0.3) is 0 Å². The Balaban J connectivity index is 2.31. The van der Waals surface area contributed by atoms with Gasteiger partial charge in [0.15, 0.2) is 10.6 Å². The number of rotatable bonds is 5. The Hall–Kier alpha value is -1.05. The normalized spacial score (nSPS) is 11.7. The molecular weight excluding hydrogens is 278 g/mol. The van der Waals surface area contributed by atoms with Crippen LogP contribution >= 0.6 is 23.6 Å². The zero-order chi connectivity index (χ0) is 14.0. The Morgan fingerprint density at radius 3 is 2.84 bits per heavy atom. The molecule has 2 heterocycles. The van der Waals surface area contributed by atoms with Crippen LogP contribution in [0.2, 0.25) is 0 Å². The summed E-state index contributed by atoms with van der Waals surface area (Å²) in [6.45, 7) is 6.05. The van der Waals surface area contributed by atoms with E-state index in [-0.39, 0.29) is 0 Å². The van der Waals surface area contributed by atoms with E-state index in [1.807, 2.05) is 24.9 Å². The topological polar surface area (TPSA) is 49.7 Å². The maximum atomic E-state index is 5.29. The van der Waals surface area contributed by atoms with Gasteiger partial charge in [-0.05, 0) is 32.2 Å². The minimum absolute atomic E-state index is 0.525. The van der Waals surface area contributed by atoms with Crippen molar-refractivity contribution in [3.05, 3.63) is 16.0 Å². The van der Waals surface area contributed by atoms with E-state index >= 15 is 0 Å². The van der Waals surface area contributed by atoms with E-state index in [2.05, 4.69) is 33.9 Å². The molecule has 0 aliphatic rings. The number of nitrogens with one attached hydrogen (secondary N) is 1. The van der Waals surface area contributed by atoms with Gasteiger partial charge in [-0.15, -0.1) is 11.3 Å². The largest absolute Gasteiger partial charge is 0.303 e. The van der Waals surface area contributed by atoms with Crippen molar-refractivity contribution in [2.24, 2.45) is 5.92 Å². The highest BCUT2D eigenvalue weighted by Crippen LogP contribution is 2.25. The van der Waals surface area contributed by atoms with Crippen molar-refractivity contribution in [3.8, 4) is 10.7 Å². The lowest BCUT2D eigenvalue weighted by Crippen LogP contribution is -2.09. The predicted molar refractivity (Wildman–Crippen MR) is 80.7 cm³/mol. The van der Waals surface area contributed by atoms with E-state index in [1.54, 1.807) is 11.3 Å². The van der Waals surface area contributed by atoms with Crippen LogP contribution in [0.25, 0.3) is 10.7 Å². The molecule has 0 spiro atoms. The zero-order valence-electron chi connectivity index (χ0n) is 11.7. The number of aromatic amines is 1. The summed E-state index contributed by atoms with van der Waals surface area (Å²) in [6.07, 6.45) is 1.88. The average molecular weight is 297 g/mol. The summed E-state index contributed by atoms with van der Waals surface area (Å²) in [6, 6.07) is 0. The Morgan fingerprint density at radius 1 is 1.47 bits per heavy atom. The highest BCUT2D eigenvalue weighted by Gasteiger charge is 2.13. The molecule has 0 atom stereocenters. The van der Waals surface area contributed by atoms with Crippen LogP contribution in [0.3, 0.4) is 0 Å². The lowest BCUT2D eigenvalue weighted by atomic mass is 10.2. The van der Waals surface area contributed by atoms with Crippen molar-refractivity contribution in [2.45, 2.75) is 26.9 Å². The molecule has 1 N–H and O–H groups in total. The summed E-state index contributed by atoms with van der Waals surface area (Å²) in [5.74, 6) is 1.42. The molecule has 7 heteroatoms. The fourth-order valence-corrected chi connectivity index (χ4v) is 3.04. The van der Waals surface area contributed by atoms with Crippen molar-refractivity contribution in [2.75, 3.05) is 14.1 Å². The highest BCUT2D eigenvalue weighted by atomic mass is 32.1. The molecule has 0 fully saturated rings. The summed E-state index contributed by atoms with van der Waals surface area (Å²) >= 11 is 6.96. The fraction of sp³-hybridized carbons (Fsp3) is 0.583. The molecule has 2 aromatic heterocycles. The van der Waals surface area contributed by atoms with Crippen LogP contribution in [-0.2, 0) is 13.1 Å². The molecule has 0 saturated heterocycles. The Morgan fingerprint density at radius 2 is 2.21 bits per heavy atom. The monoisotopic (exact) mass is 297 g/mol. The number of aromatic nitrogens is 4. The van der Waals surface area contributed by atoms with Gasteiger partial charge >= 0.3 is 0 Å². The van der Waals surface area contributed by atoms with Crippen molar-refractivity contribution in [3.63, 3.8) is 0 Å². The quantitative estimate of drug-likeness (QED) is 0.862. The van der Waals surface area contributed by atoms with Gasteiger partial charge in [0.05, 0.1) is 4.88 Å².